The smallest absolute Gasteiger partial charge is 0.229 e. The first-order chi connectivity index (χ1) is 8.01. The largest absolute Gasteiger partial charge is 0.284 e. The van der Waals surface area contributed by atoms with Crippen molar-refractivity contribution in [2.45, 2.75) is 39.0 Å². The molecule has 0 radical (unpaired) electrons. The van der Waals surface area contributed by atoms with Gasteiger partial charge in [0.05, 0.1) is 6.26 Å². The van der Waals surface area contributed by atoms with E-state index in [1.165, 1.54) is 31.2 Å². The van der Waals surface area contributed by atoms with Crippen LogP contribution in [0.15, 0.2) is 24.3 Å². The fourth-order valence-electron chi connectivity index (χ4n) is 1.71. The van der Waals surface area contributed by atoms with Crippen LogP contribution in [-0.2, 0) is 16.4 Å². The van der Waals surface area contributed by atoms with Gasteiger partial charge >= 0.3 is 0 Å². The summed E-state index contributed by atoms with van der Waals surface area (Å²) in [6, 6.07) is 7.60. The third-order valence-electron chi connectivity index (χ3n) is 2.58. The van der Waals surface area contributed by atoms with E-state index in [0.29, 0.717) is 5.69 Å². The summed E-state index contributed by atoms with van der Waals surface area (Å²) in [5.41, 5.74) is 1.89. The minimum absolute atomic E-state index is 0.629. The van der Waals surface area contributed by atoms with E-state index in [1.54, 1.807) is 0 Å². The zero-order valence-electron chi connectivity index (χ0n) is 10.6. The van der Waals surface area contributed by atoms with Gasteiger partial charge in [-0.1, -0.05) is 38.3 Å². The van der Waals surface area contributed by atoms with Crippen molar-refractivity contribution in [3.05, 3.63) is 29.8 Å². The highest BCUT2D eigenvalue weighted by Crippen LogP contribution is 2.13. The van der Waals surface area contributed by atoms with E-state index in [1.807, 2.05) is 24.3 Å². The van der Waals surface area contributed by atoms with Gasteiger partial charge in [0.2, 0.25) is 10.0 Å². The first kappa shape index (κ1) is 14.0. The number of unbranched alkanes of at least 4 members (excludes halogenated alkanes) is 3. The van der Waals surface area contributed by atoms with Gasteiger partial charge in [-0.25, -0.2) is 8.42 Å². The SMILES string of the molecule is CCCCCCc1ccc(NS(C)(=O)=O)cc1. The molecule has 1 N–H and O–H groups in total. The molecule has 0 aliphatic heterocycles. The summed E-state index contributed by atoms with van der Waals surface area (Å²) < 4.78 is 24.5. The topological polar surface area (TPSA) is 46.2 Å². The molecule has 0 heterocycles. The number of sulfonamides is 1. The van der Waals surface area contributed by atoms with Gasteiger partial charge < -0.3 is 0 Å². The van der Waals surface area contributed by atoms with E-state index < -0.39 is 10.0 Å². The van der Waals surface area contributed by atoms with Crippen molar-refractivity contribution in [1.29, 1.82) is 0 Å². The number of hydrogen-bond acceptors (Lipinski definition) is 2. The van der Waals surface area contributed by atoms with Crippen molar-refractivity contribution in [3.8, 4) is 0 Å². The van der Waals surface area contributed by atoms with Gasteiger partial charge in [0.1, 0.15) is 0 Å². The summed E-state index contributed by atoms with van der Waals surface area (Å²) in [5.74, 6) is 0. The number of anilines is 1. The molecule has 3 nitrogen and oxygen atoms in total. The minimum Gasteiger partial charge on any atom is -0.284 e. The van der Waals surface area contributed by atoms with Gasteiger partial charge in [-0.3, -0.25) is 4.72 Å². The summed E-state index contributed by atoms with van der Waals surface area (Å²) in [4.78, 5) is 0. The zero-order chi connectivity index (χ0) is 12.7. The summed E-state index contributed by atoms with van der Waals surface area (Å²) in [5, 5.41) is 0. The molecule has 0 saturated carbocycles. The lowest BCUT2D eigenvalue weighted by Crippen LogP contribution is -2.09. The average molecular weight is 255 g/mol. The molecule has 0 aliphatic carbocycles. The normalized spacial score (nSPS) is 11.4. The third-order valence-corrected chi connectivity index (χ3v) is 3.18. The number of aryl methyl sites for hydroxylation is 1. The van der Waals surface area contributed by atoms with Crippen LogP contribution in [0.1, 0.15) is 38.2 Å². The Labute approximate surface area is 104 Å². The number of benzene rings is 1. The van der Waals surface area contributed by atoms with Gasteiger partial charge in [0.25, 0.3) is 0 Å². The molecule has 17 heavy (non-hydrogen) atoms. The molecule has 0 atom stereocenters. The van der Waals surface area contributed by atoms with Crippen LogP contribution in [-0.4, -0.2) is 14.7 Å². The number of nitrogens with one attached hydrogen (secondary N) is 1. The standard InChI is InChI=1S/C13H21NO2S/c1-3-4-5-6-7-12-8-10-13(11-9-12)14-17(2,15)16/h8-11,14H,3-7H2,1-2H3. The Morgan fingerprint density at radius 3 is 2.24 bits per heavy atom. The van der Waals surface area contributed by atoms with Crippen LogP contribution in [0.5, 0.6) is 0 Å². The second-order valence-electron chi connectivity index (χ2n) is 4.38. The Bertz CT molecular complexity index is 423. The van der Waals surface area contributed by atoms with Crippen molar-refractivity contribution in [3.63, 3.8) is 0 Å². The predicted octanol–water partition coefficient (Wildman–Crippen LogP) is 3.18. The minimum atomic E-state index is -3.16. The molecule has 0 aromatic heterocycles. The molecule has 0 unspecified atom stereocenters. The van der Waals surface area contributed by atoms with Crippen LogP contribution in [0.2, 0.25) is 0 Å². The Morgan fingerprint density at radius 2 is 1.71 bits per heavy atom. The molecule has 0 saturated heterocycles. The zero-order valence-corrected chi connectivity index (χ0v) is 11.4. The van der Waals surface area contributed by atoms with Crippen LogP contribution in [0.25, 0.3) is 0 Å². The molecule has 0 aliphatic rings. The maximum atomic E-state index is 11.0. The Kier molecular flexibility index (Phi) is 5.48. The number of hydrogen-bond donors (Lipinski definition) is 1. The molecule has 1 rings (SSSR count). The maximum absolute atomic E-state index is 11.0. The second-order valence-corrected chi connectivity index (χ2v) is 6.13. The van der Waals surface area contributed by atoms with Gasteiger partial charge in [-0.2, -0.15) is 0 Å². The van der Waals surface area contributed by atoms with E-state index in [2.05, 4.69) is 11.6 Å². The van der Waals surface area contributed by atoms with Gasteiger partial charge in [0.15, 0.2) is 0 Å². The molecule has 1 aromatic rings. The summed E-state index contributed by atoms with van der Waals surface area (Å²) >= 11 is 0. The molecular formula is C13H21NO2S. The van der Waals surface area contributed by atoms with Crippen molar-refractivity contribution in [1.82, 2.24) is 0 Å². The van der Waals surface area contributed by atoms with Crippen molar-refractivity contribution in [2.24, 2.45) is 0 Å². The lowest BCUT2D eigenvalue weighted by molar-refractivity contribution is 0.607. The molecular weight excluding hydrogens is 234 g/mol. The Morgan fingerprint density at radius 1 is 1.06 bits per heavy atom. The monoisotopic (exact) mass is 255 g/mol. The lowest BCUT2D eigenvalue weighted by Gasteiger charge is -2.05. The lowest BCUT2D eigenvalue weighted by atomic mass is 10.1. The third kappa shape index (κ3) is 6.31. The van der Waals surface area contributed by atoms with Crippen LogP contribution in [0, 0.1) is 0 Å². The number of rotatable bonds is 7. The van der Waals surface area contributed by atoms with Crippen molar-refractivity contribution in [2.75, 3.05) is 11.0 Å². The summed E-state index contributed by atoms with van der Waals surface area (Å²) in [7, 11) is -3.16. The van der Waals surface area contributed by atoms with Crippen LogP contribution >= 0.6 is 0 Å². The highest BCUT2D eigenvalue weighted by Gasteiger charge is 2.01. The Hall–Kier alpha value is -1.03. The molecule has 1 aromatic carbocycles. The summed E-state index contributed by atoms with van der Waals surface area (Å²) in [6.45, 7) is 2.20. The highest BCUT2D eigenvalue weighted by atomic mass is 32.2. The highest BCUT2D eigenvalue weighted by molar-refractivity contribution is 7.92. The van der Waals surface area contributed by atoms with Crippen LogP contribution in [0.3, 0.4) is 0 Å². The fourth-order valence-corrected chi connectivity index (χ4v) is 2.27. The molecule has 4 heteroatoms. The van der Waals surface area contributed by atoms with Gasteiger partial charge in [-0.15, -0.1) is 0 Å². The molecule has 0 amide bonds. The van der Waals surface area contributed by atoms with E-state index in [9.17, 15) is 8.42 Å². The first-order valence-electron chi connectivity index (χ1n) is 6.08. The average Bonchev–Trinajstić information content (AvgIpc) is 2.25. The van der Waals surface area contributed by atoms with Crippen molar-refractivity contribution < 1.29 is 8.42 Å². The van der Waals surface area contributed by atoms with Crippen molar-refractivity contribution >= 4 is 15.7 Å². The first-order valence-corrected chi connectivity index (χ1v) is 7.97. The Balaban J connectivity index is 2.45. The fraction of sp³-hybridized carbons (Fsp3) is 0.538. The van der Waals surface area contributed by atoms with E-state index in [0.717, 1.165) is 12.7 Å². The molecule has 96 valence electrons. The summed E-state index contributed by atoms with van der Waals surface area (Å²) in [6.07, 6.45) is 7.22. The van der Waals surface area contributed by atoms with E-state index in [-0.39, 0.29) is 0 Å². The van der Waals surface area contributed by atoms with Gasteiger partial charge in [0, 0.05) is 5.69 Å². The molecule has 0 fully saturated rings. The maximum Gasteiger partial charge on any atom is 0.229 e. The van der Waals surface area contributed by atoms with Gasteiger partial charge in [-0.05, 0) is 30.5 Å². The second kappa shape index (κ2) is 6.64. The molecule has 0 bridgehead atoms. The van der Waals surface area contributed by atoms with E-state index in [4.69, 9.17) is 0 Å². The van der Waals surface area contributed by atoms with E-state index >= 15 is 0 Å². The predicted molar refractivity (Wildman–Crippen MR) is 72.8 cm³/mol. The molecule has 0 spiro atoms. The van der Waals surface area contributed by atoms with Crippen LogP contribution < -0.4 is 4.72 Å². The quantitative estimate of drug-likeness (QED) is 0.761. The van der Waals surface area contributed by atoms with Crippen LogP contribution in [0.4, 0.5) is 5.69 Å².